The predicted molar refractivity (Wildman–Crippen MR) is 76.0 cm³/mol. The number of rotatable bonds is 3. The van der Waals surface area contributed by atoms with E-state index in [-0.39, 0.29) is 11.3 Å². The van der Waals surface area contributed by atoms with Crippen molar-refractivity contribution < 1.29 is 14.7 Å². The molecule has 0 heterocycles. The molecule has 0 radical (unpaired) electrons. The van der Waals surface area contributed by atoms with Crippen LogP contribution in [-0.2, 0) is 0 Å². The number of carboxylic acid groups (broad SMARTS) is 1. The zero-order chi connectivity index (χ0) is 13.1. The average molecular weight is 352 g/mol. The molecule has 0 saturated heterocycles. The number of aromatic carboxylic acids is 1. The van der Waals surface area contributed by atoms with Crippen molar-refractivity contribution in [2.24, 2.45) is 0 Å². The standard InChI is InChI=1S/C14H9IO3/c15-12-3-1-2-11(8-12)13(16)9-4-6-10(7-5-9)14(17)18/h1-8H,(H,17,18). The number of hydrogen-bond acceptors (Lipinski definition) is 2. The summed E-state index contributed by atoms with van der Waals surface area (Å²) in [7, 11) is 0. The molecule has 0 amide bonds. The predicted octanol–water partition coefficient (Wildman–Crippen LogP) is 3.22. The van der Waals surface area contributed by atoms with Gasteiger partial charge in [-0.15, -0.1) is 0 Å². The van der Waals surface area contributed by atoms with Crippen LogP contribution in [0.25, 0.3) is 0 Å². The molecular weight excluding hydrogens is 343 g/mol. The molecule has 2 aromatic rings. The van der Waals surface area contributed by atoms with Crippen molar-refractivity contribution in [2.75, 3.05) is 0 Å². The maximum absolute atomic E-state index is 12.1. The molecule has 0 bridgehead atoms. The summed E-state index contributed by atoms with van der Waals surface area (Å²) in [5.41, 5.74) is 1.26. The maximum Gasteiger partial charge on any atom is 0.335 e. The molecule has 0 saturated carbocycles. The van der Waals surface area contributed by atoms with Gasteiger partial charge in [0.25, 0.3) is 0 Å². The van der Waals surface area contributed by atoms with E-state index in [1.165, 1.54) is 24.3 Å². The van der Waals surface area contributed by atoms with Crippen molar-refractivity contribution >= 4 is 34.3 Å². The molecule has 0 spiro atoms. The Hall–Kier alpha value is -1.69. The first-order valence-electron chi connectivity index (χ1n) is 5.21. The Morgan fingerprint density at radius 1 is 0.889 bits per heavy atom. The lowest BCUT2D eigenvalue weighted by atomic mass is 10.0. The van der Waals surface area contributed by atoms with Crippen LogP contribution < -0.4 is 0 Å². The third-order valence-corrected chi connectivity index (χ3v) is 3.15. The van der Waals surface area contributed by atoms with Gasteiger partial charge in [0, 0.05) is 14.7 Å². The number of benzene rings is 2. The Kier molecular flexibility index (Phi) is 3.76. The van der Waals surface area contributed by atoms with Gasteiger partial charge < -0.3 is 5.11 Å². The Bertz CT molecular complexity index is 603. The second kappa shape index (κ2) is 5.30. The summed E-state index contributed by atoms with van der Waals surface area (Å²) < 4.78 is 0.987. The van der Waals surface area contributed by atoms with Gasteiger partial charge in [0.05, 0.1) is 5.56 Å². The highest BCUT2D eigenvalue weighted by molar-refractivity contribution is 14.1. The first-order chi connectivity index (χ1) is 8.58. The lowest BCUT2D eigenvalue weighted by Crippen LogP contribution is -2.03. The van der Waals surface area contributed by atoms with Crippen LogP contribution in [0.5, 0.6) is 0 Å². The number of halogens is 1. The molecule has 3 nitrogen and oxygen atoms in total. The lowest BCUT2D eigenvalue weighted by molar-refractivity contribution is 0.0696. The maximum atomic E-state index is 12.1. The quantitative estimate of drug-likeness (QED) is 0.682. The molecule has 2 rings (SSSR count). The van der Waals surface area contributed by atoms with Gasteiger partial charge in [-0.1, -0.05) is 24.3 Å². The van der Waals surface area contributed by atoms with E-state index in [0.29, 0.717) is 11.1 Å². The molecule has 0 aliphatic carbocycles. The van der Waals surface area contributed by atoms with E-state index in [4.69, 9.17) is 5.11 Å². The van der Waals surface area contributed by atoms with Crippen LogP contribution >= 0.6 is 22.6 Å². The minimum atomic E-state index is -0.997. The van der Waals surface area contributed by atoms with Crippen molar-refractivity contribution in [3.63, 3.8) is 0 Å². The van der Waals surface area contributed by atoms with Crippen LogP contribution in [0, 0.1) is 3.57 Å². The van der Waals surface area contributed by atoms with Gasteiger partial charge >= 0.3 is 5.97 Å². The zero-order valence-electron chi connectivity index (χ0n) is 9.26. The SMILES string of the molecule is O=C(O)c1ccc(C(=O)c2cccc(I)c2)cc1. The summed E-state index contributed by atoms with van der Waals surface area (Å²) >= 11 is 2.14. The first kappa shape index (κ1) is 12.8. The fourth-order valence-corrected chi connectivity index (χ4v) is 2.10. The van der Waals surface area contributed by atoms with Crippen LogP contribution in [0.4, 0.5) is 0 Å². The molecule has 0 fully saturated rings. The fourth-order valence-electron chi connectivity index (χ4n) is 1.56. The van der Waals surface area contributed by atoms with Gasteiger partial charge in [-0.25, -0.2) is 4.79 Å². The van der Waals surface area contributed by atoms with Crippen molar-refractivity contribution in [1.29, 1.82) is 0 Å². The van der Waals surface area contributed by atoms with Gasteiger partial charge in [0.15, 0.2) is 5.78 Å². The number of ketones is 1. The molecule has 90 valence electrons. The average Bonchev–Trinajstić information content (AvgIpc) is 2.38. The summed E-state index contributed by atoms with van der Waals surface area (Å²) in [6, 6.07) is 13.2. The van der Waals surface area contributed by atoms with Gasteiger partial charge in [-0.3, -0.25) is 4.79 Å². The molecule has 0 aliphatic rings. The summed E-state index contributed by atoms with van der Waals surface area (Å²) in [6.45, 7) is 0. The van der Waals surface area contributed by atoms with Crippen LogP contribution in [0.2, 0.25) is 0 Å². The van der Waals surface area contributed by atoms with Crippen LogP contribution in [-0.4, -0.2) is 16.9 Å². The van der Waals surface area contributed by atoms with Crippen LogP contribution in [0.1, 0.15) is 26.3 Å². The largest absolute Gasteiger partial charge is 0.478 e. The molecule has 0 unspecified atom stereocenters. The molecule has 0 aromatic heterocycles. The topological polar surface area (TPSA) is 54.4 Å². The van der Waals surface area contributed by atoms with Gasteiger partial charge in [0.2, 0.25) is 0 Å². The number of carboxylic acids is 1. The normalized spacial score (nSPS) is 10.1. The van der Waals surface area contributed by atoms with E-state index < -0.39 is 5.97 Å². The third-order valence-electron chi connectivity index (χ3n) is 2.48. The summed E-state index contributed by atoms with van der Waals surface area (Å²) in [5, 5.41) is 8.78. The molecule has 0 atom stereocenters. The molecule has 2 aromatic carbocycles. The minimum absolute atomic E-state index is 0.106. The van der Waals surface area contributed by atoms with Crippen molar-refractivity contribution in [3.8, 4) is 0 Å². The van der Waals surface area contributed by atoms with Crippen LogP contribution in [0.3, 0.4) is 0 Å². The van der Waals surface area contributed by atoms with Crippen molar-refractivity contribution in [3.05, 3.63) is 68.8 Å². The second-order valence-corrected chi connectivity index (χ2v) is 4.97. The van der Waals surface area contributed by atoms with E-state index in [0.717, 1.165) is 3.57 Å². The first-order valence-corrected chi connectivity index (χ1v) is 6.29. The molecular formula is C14H9IO3. The highest BCUT2D eigenvalue weighted by Gasteiger charge is 2.10. The van der Waals surface area contributed by atoms with Gasteiger partial charge in [-0.05, 0) is 46.9 Å². The third kappa shape index (κ3) is 2.76. The van der Waals surface area contributed by atoms with Crippen LogP contribution in [0.15, 0.2) is 48.5 Å². The highest BCUT2D eigenvalue weighted by Crippen LogP contribution is 2.14. The Balaban J connectivity index is 2.32. The monoisotopic (exact) mass is 352 g/mol. The smallest absolute Gasteiger partial charge is 0.335 e. The number of carbonyl (C=O) groups excluding carboxylic acids is 1. The zero-order valence-corrected chi connectivity index (χ0v) is 11.4. The van der Waals surface area contributed by atoms with E-state index >= 15 is 0 Å². The molecule has 4 heteroatoms. The van der Waals surface area contributed by atoms with E-state index in [2.05, 4.69) is 22.6 Å². The van der Waals surface area contributed by atoms with Crippen molar-refractivity contribution in [2.45, 2.75) is 0 Å². The molecule has 0 aliphatic heterocycles. The lowest BCUT2D eigenvalue weighted by Gasteiger charge is -2.02. The fraction of sp³-hybridized carbons (Fsp3) is 0. The van der Waals surface area contributed by atoms with Crippen molar-refractivity contribution in [1.82, 2.24) is 0 Å². The van der Waals surface area contributed by atoms with Gasteiger partial charge in [0.1, 0.15) is 0 Å². The Morgan fingerprint density at radius 3 is 2.06 bits per heavy atom. The summed E-state index contributed by atoms with van der Waals surface area (Å²) in [4.78, 5) is 22.8. The minimum Gasteiger partial charge on any atom is -0.478 e. The number of hydrogen-bond donors (Lipinski definition) is 1. The van der Waals surface area contributed by atoms with Gasteiger partial charge in [-0.2, -0.15) is 0 Å². The molecule has 18 heavy (non-hydrogen) atoms. The summed E-state index contributed by atoms with van der Waals surface area (Å²) in [6.07, 6.45) is 0. The Labute approximate surface area is 118 Å². The highest BCUT2D eigenvalue weighted by atomic mass is 127. The summed E-state index contributed by atoms with van der Waals surface area (Å²) in [5.74, 6) is -1.10. The van der Waals surface area contributed by atoms with E-state index in [1.54, 1.807) is 12.1 Å². The second-order valence-electron chi connectivity index (χ2n) is 3.72. The molecule has 1 N–H and O–H groups in total. The number of carbonyl (C=O) groups is 2. The van der Waals surface area contributed by atoms with E-state index in [1.807, 2.05) is 12.1 Å². The van der Waals surface area contributed by atoms with E-state index in [9.17, 15) is 9.59 Å². The Morgan fingerprint density at radius 2 is 1.50 bits per heavy atom.